The number of hydrogen-bond acceptors (Lipinski definition) is 11. The molecule has 2 aliphatic heterocycles. The van der Waals surface area contributed by atoms with E-state index in [4.69, 9.17) is 9.72 Å². The molecule has 2 saturated heterocycles. The molecule has 0 saturated carbocycles. The van der Waals surface area contributed by atoms with E-state index in [0.717, 1.165) is 56.8 Å². The van der Waals surface area contributed by atoms with Gasteiger partial charge in [-0.05, 0) is 38.0 Å². The molecule has 11 nitrogen and oxygen atoms in total. The van der Waals surface area contributed by atoms with E-state index in [2.05, 4.69) is 41.0 Å². The Morgan fingerprint density at radius 2 is 2.09 bits per heavy atom. The molecule has 5 rings (SSSR count). The van der Waals surface area contributed by atoms with Crippen LogP contribution in [0, 0.1) is 0 Å². The van der Waals surface area contributed by atoms with Crippen molar-refractivity contribution in [3.05, 3.63) is 30.1 Å². The zero-order valence-electron chi connectivity index (χ0n) is 18.7. The van der Waals surface area contributed by atoms with E-state index in [1.54, 1.807) is 13.1 Å². The molecule has 0 radical (unpaired) electrons. The number of hydrogen-bond donors (Lipinski definition) is 4. The number of aromatic nitrogens is 5. The standard InChI is InChI=1S/C22H29N9O2/c1-14(32)17-11-15-12-24-22(28-20(15)21(26-17)25-16-3-2-10-33-13-16)27-18-4-5-19(30-29-18)31-8-6-23-7-9-31/h4-5,11-12,14,16,23,32H,2-3,6-10,13H2,1H3,(H,25,26)(H,24,27,28,29)/t14-,16+/m1/s1. The average molecular weight is 452 g/mol. The van der Waals surface area contributed by atoms with Crippen LogP contribution >= 0.6 is 0 Å². The number of pyridine rings is 1. The van der Waals surface area contributed by atoms with Crippen molar-refractivity contribution < 1.29 is 9.84 Å². The highest BCUT2D eigenvalue weighted by atomic mass is 16.5. The maximum Gasteiger partial charge on any atom is 0.229 e. The summed E-state index contributed by atoms with van der Waals surface area (Å²) in [7, 11) is 0. The minimum Gasteiger partial charge on any atom is -0.387 e. The molecule has 0 unspecified atom stereocenters. The van der Waals surface area contributed by atoms with Crippen molar-refractivity contribution in [2.45, 2.75) is 31.9 Å². The molecule has 0 amide bonds. The van der Waals surface area contributed by atoms with Gasteiger partial charge in [0.2, 0.25) is 5.95 Å². The van der Waals surface area contributed by atoms with Crippen molar-refractivity contribution in [2.75, 3.05) is 54.9 Å². The molecule has 0 aromatic carbocycles. The third kappa shape index (κ3) is 5.10. The lowest BCUT2D eigenvalue weighted by atomic mass is 10.1. The Labute approximate surface area is 192 Å². The summed E-state index contributed by atoms with van der Waals surface area (Å²) in [6, 6.07) is 5.79. The van der Waals surface area contributed by atoms with Gasteiger partial charge in [-0.1, -0.05) is 0 Å². The van der Waals surface area contributed by atoms with E-state index in [1.165, 1.54) is 0 Å². The monoisotopic (exact) mass is 451 g/mol. The lowest BCUT2D eigenvalue weighted by molar-refractivity contribution is 0.0875. The molecule has 11 heteroatoms. The van der Waals surface area contributed by atoms with E-state index >= 15 is 0 Å². The first kappa shape index (κ1) is 21.7. The first-order valence-corrected chi connectivity index (χ1v) is 11.4. The van der Waals surface area contributed by atoms with Crippen LogP contribution in [0.4, 0.5) is 23.4 Å². The zero-order chi connectivity index (χ0) is 22.6. The fraction of sp³-hybridized carbons (Fsp3) is 0.500. The van der Waals surface area contributed by atoms with Crippen LogP contribution in [0.1, 0.15) is 31.6 Å². The Morgan fingerprint density at radius 3 is 2.82 bits per heavy atom. The predicted molar refractivity (Wildman–Crippen MR) is 126 cm³/mol. The van der Waals surface area contributed by atoms with Gasteiger partial charge in [-0.3, -0.25) is 0 Å². The lowest BCUT2D eigenvalue weighted by Crippen LogP contribution is -2.43. The van der Waals surface area contributed by atoms with Gasteiger partial charge < -0.3 is 30.7 Å². The first-order valence-electron chi connectivity index (χ1n) is 11.4. The molecule has 3 aromatic rings. The smallest absolute Gasteiger partial charge is 0.229 e. The normalized spacial score (nSPS) is 19.9. The zero-order valence-corrected chi connectivity index (χ0v) is 18.7. The summed E-state index contributed by atoms with van der Waals surface area (Å²) in [4.78, 5) is 16.0. The van der Waals surface area contributed by atoms with E-state index in [9.17, 15) is 5.11 Å². The van der Waals surface area contributed by atoms with Crippen LogP contribution in [-0.2, 0) is 4.74 Å². The van der Waals surface area contributed by atoms with Crippen LogP contribution in [0.5, 0.6) is 0 Å². The maximum absolute atomic E-state index is 10.1. The SMILES string of the molecule is C[C@@H](O)c1cc2cnc(Nc3ccc(N4CCNCC4)nn3)nc2c(N[C@H]2CCCOC2)n1. The molecule has 0 spiro atoms. The van der Waals surface area contributed by atoms with Crippen molar-refractivity contribution in [1.82, 2.24) is 30.5 Å². The van der Waals surface area contributed by atoms with Crippen LogP contribution in [0.15, 0.2) is 24.4 Å². The molecular formula is C22H29N9O2. The van der Waals surface area contributed by atoms with Crippen LogP contribution < -0.4 is 20.9 Å². The van der Waals surface area contributed by atoms with Crippen molar-refractivity contribution in [3.8, 4) is 0 Å². The molecule has 33 heavy (non-hydrogen) atoms. The third-order valence-electron chi connectivity index (χ3n) is 5.85. The molecule has 4 N–H and O–H groups in total. The van der Waals surface area contributed by atoms with Crippen LogP contribution in [0.25, 0.3) is 10.9 Å². The summed E-state index contributed by atoms with van der Waals surface area (Å²) in [6.07, 6.45) is 3.02. The predicted octanol–water partition coefficient (Wildman–Crippen LogP) is 1.61. The van der Waals surface area contributed by atoms with Gasteiger partial charge in [0.25, 0.3) is 0 Å². The second-order valence-corrected chi connectivity index (χ2v) is 8.40. The van der Waals surface area contributed by atoms with Crippen molar-refractivity contribution in [3.63, 3.8) is 0 Å². The van der Waals surface area contributed by atoms with Gasteiger partial charge in [0.05, 0.1) is 24.4 Å². The number of aliphatic hydroxyl groups excluding tert-OH is 1. The summed E-state index contributed by atoms with van der Waals surface area (Å²) < 4.78 is 5.59. The van der Waals surface area contributed by atoms with Crippen molar-refractivity contribution in [1.29, 1.82) is 0 Å². The number of nitrogens with zero attached hydrogens (tertiary/aromatic N) is 6. The van der Waals surface area contributed by atoms with Crippen molar-refractivity contribution >= 4 is 34.3 Å². The molecule has 2 aliphatic rings. The topological polar surface area (TPSA) is 133 Å². The van der Waals surface area contributed by atoms with Crippen molar-refractivity contribution in [2.24, 2.45) is 0 Å². The highest BCUT2D eigenvalue weighted by molar-refractivity contribution is 5.89. The van der Waals surface area contributed by atoms with Gasteiger partial charge in [0.15, 0.2) is 17.5 Å². The number of anilines is 4. The fourth-order valence-corrected chi connectivity index (χ4v) is 4.05. The number of ether oxygens (including phenoxy) is 1. The molecule has 3 aromatic heterocycles. The Morgan fingerprint density at radius 1 is 1.21 bits per heavy atom. The number of rotatable bonds is 6. The van der Waals surface area contributed by atoms with Gasteiger partial charge in [0, 0.05) is 44.4 Å². The summed E-state index contributed by atoms with van der Waals surface area (Å²) in [5, 5.41) is 29.5. The number of piperazine rings is 1. The minimum absolute atomic E-state index is 0.147. The highest BCUT2D eigenvalue weighted by Crippen LogP contribution is 2.26. The third-order valence-corrected chi connectivity index (χ3v) is 5.85. The Hall–Kier alpha value is -3.15. The quantitative estimate of drug-likeness (QED) is 0.435. The molecule has 2 fully saturated rings. The van der Waals surface area contributed by atoms with Crippen LogP contribution in [-0.4, -0.2) is 75.7 Å². The average Bonchev–Trinajstić information content (AvgIpc) is 2.86. The van der Waals surface area contributed by atoms with Gasteiger partial charge in [-0.25, -0.2) is 15.0 Å². The maximum atomic E-state index is 10.1. The van der Waals surface area contributed by atoms with Gasteiger partial charge in [-0.15, -0.1) is 10.2 Å². The second kappa shape index (κ2) is 9.77. The lowest BCUT2D eigenvalue weighted by Gasteiger charge is -2.27. The Kier molecular flexibility index (Phi) is 6.42. The Balaban J connectivity index is 1.39. The summed E-state index contributed by atoms with van der Waals surface area (Å²) >= 11 is 0. The van der Waals surface area contributed by atoms with Gasteiger partial charge in [0.1, 0.15) is 5.52 Å². The van der Waals surface area contributed by atoms with E-state index in [0.29, 0.717) is 35.4 Å². The highest BCUT2D eigenvalue weighted by Gasteiger charge is 2.19. The number of nitrogens with one attached hydrogen (secondary N) is 3. The second-order valence-electron chi connectivity index (χ2n) is 8.40. The number of fused-ring (bicyclic) bond motifs is 1. The van der Waals surface area contributed by atoms with E-state index in [-0.39, 0.29) is 6.04 Å². The largest absolute Gasteiger partial charge is 0.387 e. The molecule has 5 heterocycles. The van der Waals surface area contributed by atoms with E-state index in [1.807, 2.05) is 18.2 Å². The number of aliphatic hydroxyl groups is 1. The summed E-state index contributed by atoms with van der Waals surface area (Å²) in [6.45, 7) is 6.82. The molecular weight excluding hydrogens is 422 g/mol. The Bertz CT molecular complexity index is 1080. The molecule has 0 aliphatic carbocycles. The van der Waals surface area contributed by atoms with Crippen LogP contribution in [0.2, 0.25) is 0 Å². The van der Waals surface area contributed by atoms with Gasteiger partial charge >= 0.3 is 0 Å². The molecule has 0 bridgehead atoms. The molecule has 2 atom stereocenters. The van der Waals surface area contributed by atoms with E-state index < -0.39 is 6.10 Å². The van der Waals surface area contributed by atoms with Gasteiger partial charge in [-0.2, -0.15) is 0 Å². The molecule has 174 valence electrons. The fourth-order valence-electron chi connectivity index (χ4n) is 4.05. The first-order chi connectivity index (χ1) is 16.2. The minimum atomic E-state index is -0.695. The summed E-state index contributed by atoms with van der Waals surface area (Å²) in [5.74, 6) is 2.44. The summed E-state index contributed by atoms with van der Waals surface area (Å²) in [5.41, 5.74) is 1.24. The van der Waals surface area contributed by atoms with Crippen LogP contribution in [0.3, 0.4) is 0 Å².